The minimum atomic E-state index is -0.527. The van der Waals surface area contributed by atoms with Crippen LogP contribution in [0.5, 0.6) is 17.2 Å². The van der Waals surface area contributed by atoms with E-state index >= 15 is 0 Å². The van der Waals surface area contributed by atoms with E-state index in [1.165, 1.54) is 38.5 Å². The van der Waals surface area contributed by atoms with Gasteiger partial charge in [0.1, 0.15) is 11.3 Å². The zero-order chi connectivity index (χ0) is 20.0. The molecule has 0 saturated heterocycles. The Labute approximate surface area is 158 Å². The van der Waals surface area contributed by atoms with Crippen LogP contribution < -0.4 is 9.47 Å². The van der Waals surface area contributed by atoms with E-state index in [1.807, 2.05) is 0 Å². The van der Waals surface area contributed by atoms with Gasteiger partial charge in [-0.15, -0.1) is 0 Å². The Morgan fingerprint density at radius 1 is 0.963 bits per heavy atom. The molecule has 0 aromatic heterocycles. The highest BCUT2D eigenvalue weighted by molar-refractivity contribution is 6.08. The number of para-hydroxylation sites is 1. The second kappa shape index (κ2) is 8.89. The SMILES string of the molecule is COc1c(C=CC(=O)c2ccccc2O)ccc(C(=O)OC(C)C)c1OC. The maximum atomic E-state index is 12.3. The number of aromatic hydroxyl groups is 1. The quantitative estimate of drug-likeness (QED) is 0.453. The van der Waals surface area contributed by atoms with E-state index in [9.17, 15) is 14.7 Å². The number of carbonyl (C=O) groups is 2. The van der Waals surface area contributed by atoms with Crippen molar-refractivity contribution in [3.05, 3.63) is 59.2 Å². The van der Waals surface area contributed by atoms with Crippen LogP contribution in [-0.4, -0.2) is 37.2 Å². The number of phenolic OH excluding ortho intramolecular Hbond substituents is 1. The minimum Gasteiger partial charge on any atom is -0.507 e. The van der Waals surface area contributed by atoms with Gasteiger partial charge in [-0.3, -0.25) is 4.79 Å². The molecular formula is C21H22O6. The van der Waals surface area contributed by atoms with E-state index in [0.717, 1.165) is 0 Å². The number of rotatable bonds is 7. The molecule has 2 aromatic rings. The summed E-state index contributed by atoms with van der Waals surface area (Å²) in [5, 5.41) is 9.78. The number of ether oxygens (including phenoxy) is 3. The Hall–Kier alpha value is -3.28. The number of hydrogen-bond donors (Lipinski definition) is 1. The van der Waals surface area contributed by atoms with E-state index < -0.39 is 5.97 Å². The van der Waals surface area contributed by atoms with E-state index in [2.05, 4.69) is 0 Å². The molecule has 142 valence electrons. The van der Waals surface area contributed by atoms with Gasteiger partial charge in [-0.2, -0.15) is 0 Å². The summed E-state index contributed by atoms with van der Waals surface area (Å²) in [5.41, 5.74) is 0.961. The summed E-state index contributed by atoms with van der Waals surface area (Å²) >= 11 is 0. The van der Waals surface area contributed by atoms with Crippen molar-refractivity contribution in [3.63, 3.8) is 0 Å². The van der Waals surface area contributed by atoms with Gasteiger partial charge in [0.25, 0.3) is 0 Å². The molecule has 0 atom stereocenters. The molecule has 6 nitrogen and oxygen atoms in total. The molecule has 0 aliphatic carbocycles. The summed E-state index contributed by atoms with van der Waals surface area (Å²) in [7, 11) is 2.86. The number of ketones is 1. The van der Waals surface area contributed by atoms with Gasteiger partial charge in [-0.1, -0.05) is 18.2 Å². The third-order valence-corrected chi connectivity index (χ3v) is 3.70. The van der Waals surface area contributed by atoms with E-state index in [1.54, 1.807) is 38.1 Å². The molecule has 0 spiro atoms. The monoisotopic (exact) mass is 370 g/mol. The van der Waals surface area contributed by atoms with Crippen LogP contribution in [0, 0.1) is 0 Å². The summed E-state index contributed by atoms with van der Waals surface area (Å²) in [4.78, 5) is 24.5. The van der Waals surface area contributed by atoms with E-state index in [0.29, 0.717) is 11.3 Å². The van der Waals surface area contributed by atoms with Crippen LogP contribution in [0.2, 0.25) is 0 Å². The first-order valence-electron chi connectivity index (χ1n) is 8.35. The van der Waals surface area contributed by atoms with Crippen LogP contribution in [0.25, 0.3) is 6.08 Å². The number of esters is 1. The molecule has 0 heterocycles. The second-order valence-corrected chi connectivity index (χ2v) is 5.94. The number of carbonyl (C=O) groups excluding carboxylic acids is 2. The molecule has 2 rings (SSSR count). The molecule has 0 saturated carbocycles. The van der Waals surface area contributed by atoms with Crippen LogP contribution >= 0.6 is 0 Å². The molecule has 0 radical (unpaired) electrons. The molecule has 6 heteroatoms. The Kier molecular flexibility index (Phi) is 6.60. The smallest absolute Gasteiger partial charge is 0.342 e. The molecule has 27 heavy (non-hydrogen) atoms. The highest BCUT2D eigenvalue weighted by Crippen LogP contribution is 2.36. The predicted molar refractivity (Wildman–Crippen MR) is 102 cm³/mol. The van der Waals surface area contributed by atoms with Crippen molar-refractivity contribution in [2.45, 2.75) is 20.0 Å². The molecule has 2 aromatic carbocycles. The van der Waals surface area contributed by atoms with Crippen molar-refractivity contribution in [1.29, 1.82) is 0 Å². The first-order chi connectivity index (χ1) is 12.9. The normalized spacial score (nSPS) is 10.9. The highest BCUT2D eigenvalue weighted by atomic mass is 16.5. The number of benzene rings is 2. The second-order valence-electron chi connectivity index (χ2n) is 5.94. The largest absolute Gasteiger partial charge is 0.507 e. The Morgan fingerprint density at radius 3 is 2.22 bits per heavy atom. The zero-order valence-electron chi connectivity index (χ0n) is 15.7. The molecule has 0 unspecified atom stereocenters. The van der Waals surface area contributed by atoms with Crippen LogP contribution in [0.1, 0.15) is 40.1 Å². The van der Waals surface area contributed by atoms with Crippen LogP contribution in [-0.2, 0) is 4.74 Å². The fraction of sp³-hybridized carbons (Fsp3) is 0.238. The van der Waals surface area contributed by atoms with Crippen LogP contribution in [0.15, 0.2) is 42.5 Å². The molecule has 1 N–H and O–H groups in total. The highest BCUT2D eigenvalue weighted by Gasteiger charge is 2.21. The topological polar surface area (TPSA) is 82.1 Å². The summed E-state index contributed by atoms with van der Waals surface area (Å²) < 4.78 is 15.9. The van der Waals surface area contributed by atoms with E-state index in [-0.39, 0.29) is 34.5 Å². The maximum Gasteiger partial charge on any atom is 0.342 e. The van der Waals surface area contributed by atoms with Crippen molar-refractivity contribution in [2.75, 3.05) is 14.2 Å². The van der Waals surface area contributed by atoms with Crippen LogP contribution in [0.4, 0.5) is 0 Å². The molecule has 0 aliphatic rings. The fourth-order valence-electron chi connectivity index (χ4n) is 2.50. The lowest BCUT2D eigenvalue weighted by molar-refractivity contribution is 0.0373. The summed E-state index contributed by atoms with van der Waals surface area (Å²) in [6.07, 6.45) is 2.58. The summed E-state index contributed by atoms with van der Waals surface area (Å²) in [6, 6.07) is 9.46. The zero-order valence-corrected chi connectivity index (χ0v) is 15.7. The third-order valence-electron chi connectivity index (χ3n) is 3.70. The van der Waals surface area contributed by atoms with Gasteiger partial charge in [-0.25, -0.2) is 4.79 Å². The van der Waals surface area contributed by atoms with Crippen LogP contribution in [0.3, 0.4) is 0 Å². The van der Waals surface area contributed by atoms with Gasteiger partial charge < -0.3 is 19.3 Å². The lowest BCUT2D eigenvalue weighted by Crippen LogP contribution is -2.13. The van der Waals surface area contributed by atoms with Gasteiger partial charge in [0.05, 0.1) is 25.9 Å². The maximum absolute atomic E-state index is 12.3. The van der Waals surface area contributed by atoms with Crippen molar-refractivity contribution in [2.24, 2.45) is 0 Å². The number of hydrogen-bond acceptors (Lipinski definition) is 6. The lowest BCUT2D eigenvalue weighted by Gasteiger charge is -2.15. The van der Waals surface area contributed by atoms with Crippen molar-refractivity contribution in [3.8, 4) is 17.2 Å². The van der Waals surface area contributed by atoms with Gasteiger partial charge in [0, 0.05) is 5.56 Å². The number of allylic oxidation sites excluding steroid dienone is 1. The van der Waals surface area contributed by atoms with Crippen molar-refractivity contribution >= 4 is 17.8 Å². The standard InChI is InChI=1S/C21H22O6/c1-13(2)27-21(24)16-11-9-14(19(25-3)20(16)26-4)10-12-18(23)15-7-5-6-8-17(15)22/h5-13,22H,1-4H3. The number of phenols is 1. The van der Waals surface area contributed by atoms with E-state index in [4.69, 9.17) is 14.2 Å². The lowest BCUT2D eigenvalue weighted by atomic mass is 10.1. The molecule has 0 fully saturated rings. The summed E-state index contributed by atoms with van der Waals surface area (Å²) in [6.45, 7) is 3.51. The molecule has 0 amide bonds. The van der Waals surface area contributed by atoms with Gasteiger partial charge in [0.15, 0.2) is 17.3 Å². The predicted octanol–water partition coefficient (Wildman–Crippen LogP) is 3.87. The third kappa shape index (κ3) is 4.67. The van der Waals surface area contributed by atoms with Gasteiger partial charge >= 0.3 is 5.97 Å². The average Bonchev–Trinajstić information content (AvgIpc) is 2.64. The Morgan fingerprint density at radius 2 is 1.63 bits per heavy atom. The van der Waals surface area contributed by atoms with Crippen molar-refractivity contribution < 1.29 is 28.9 Å². The van der Waals surface area contributed by atoms with Gasteiger partial charge in [-0.05, 0) is 44.2 Å². The van der Waals surface area contributed by atoms with Crippen molar-refractivity contribution in [1.82, 2.24) is 0 Å². The Balaban J connectivity index is 2.39. The minimum absolute atomic E-state index is 0.0940. The molecular weight excluding hydrogens is 348 g/mol. The molecule has 0 bridgehead atoms. The summed E-state index contributed by atoms with van der Waals surface area (Å²) in [5.74, 6) is -0.459. The first kappa shape index (κ1) is 20.0. The number of methoxy groups -OCH3 is 2. The first-order valence-corrected chi connectivity index (χ1v) is 8.35. The molecule has 0 aliphatic heterocycles. The Bertz CT molecular complexity index is 867. The van der Waals surface area contributed by atoms with Gasteiger partial charge in [0.2, 0.25) is 0 Å². The fourth-order valence-corrected chi connectivity index (χ4v) is 2.50. The average molecular weight is 370 g/mol.